The molecule has 1 aliphatic heterocycles. The highest BCUT2D eigenvalue weighted by molar-refractivity contribution is 7.85. The number of thiophene rings is 1. The number of rotatable bonds is 4. The third-order valence-electron chi connectivity index (χ3n) is 3.73. The molecule has 1 fully saturated rings. The first kappa shape index (κ1) is 14.0. The molecular weight excluding hydrogens is 290 g/mol. The maximum absolute atomic E-state index is 11.5. The highest BCUT2D eigenvalue weighted by atomic mass is 32.2. The van der Waals surface area contributed by atoms with E-state index in [9.17, 15) is 4.21 Å². The molecule has 2 aromatic rings. The molecule has 4 nitrogen and oxygen atoms in total. The molecule has 0 bridgehead atoms. The molecule has 6 heteroatoms. The monoisotopic (exact) mass is 309 g/mol. The van der Waals surface area contributed by atoms with Crippen LogP contribution in [0.3, 0.4) is 0 Å². The average Bonchev–Trinajstić information content (AvgIpc) is 3.10. The molecule has 20 heavy (non-hydrogen) atoms. The molecule has 0 saturated carbocycles. The van der Waals surface area contributed by atoms with E-state index in [1.807, 2.05) is 19.4 Å². The number of aromatic nitrogens is 2. The Morgan fingerprint density at radius 3 is 2.90 bits per heavy atom. The van der Waals surface area contributed by atoms with Crippen molar-refractivity contribution in [2.75, 3.05) is 11.5 Å². The zero-order valence-electron chi connectivity index (χ0n) is 11.5. The second-order valence-corrected chi connectivity index (χ2v) is 7.81. The zero-order chi connectivity index (χ0) is 13.9. The lowest BCUT2D eigenvalue weighted by Crippen LogP contribution is -2.39. The molecule has 0 amide bonds. The lowest BCUT2D eigenvalue weighted by atomic mass is 10.1. The smallest absolute Gasteiger partial charge is 0.131 e. The van der Waals surface area contributed by atoms with E-state index in [1.165, 1.54) is 4.88 Å². The van der Waals surface area contributed by atoms with Crippen molar-refractivity contribution in [3.05, 3.63) is 40.6 Å². The summed E-state index contributed by atoms with van der Waals surface area (Å²) in [6, 6.07) is 4.79. The van der Waals surface area contributed by atoms with Gasteiger partial charge in [-0.2, -0.15) is 0 Å². The van der Waals surface area contributed by atoms with Gasteiger partial charge in [0.2, 0.25) is 0 Å². The van der Waals surface area contributed by atoms with Crippen LogP contribution in [0.5, 0.6) is 0 Å². The van der Waals surface area contributed by atoms with Crippen LogP contribution in [0.15, 0.2) is 29.9 Å². The van der Waals surface area contributed by atoms with Gasteiger partial charge in [0, 0.05) is 52.7 Å². The van der Waals surface area contributed by atoms with Gasteiger partial charge in [0.1, 0.15) is 11.9 Å². The molecule has 108 valence electrons. The molecule has 0 radical (unpaired) electrons. The SMILES string of the molecule is Cn1ccnc1C(NC1CCS(=O)CC1)c1cccs1. The van der Waals surface area contributed by atoms with Gasteiger partial charge in [0.05, 0.1) is 0 Å². The molecule has 1 aliphatic rings. The standard InChI is InChI=1S/C14H19N3OS2/c1-17-7-6-15-14(17)13(12-3-2-8-19-12)16-11-4-9-20(18)10-5-11/h2-3,6-8,11,13,16H,4-5,9-10H2,1H3. The van der Waals surface area contributed by atoms with Crippen molar-refractivity contribution in [2.45, 2.75) is 24.9 Å². The molecule has 1 saturated heterocycles. The van der Waals surface area contributed by atoms with E-state index < -0.39 is 10.8 Å². The Labute approximate surface area is 125 Å². The van der Waals surface area contributed by atoms with Crippen LogP contribution in [0.1, 0.15) is 29.6 Å². The van der Waals surface area contributed by atoms with Gasteiger partial charge in [-0.25, -0.2) is 4.98 Å². The van der Waals surface area contributed by atoms with Crippen molar-refractivity contribution < 1.29 is 4.21 Å². The summed E-state index contributed by atoms with van der Waals surface area (Å²) in [5.41, 5.74) is 0. The van der Waals surface area contributed by atoms with E-state index in [4.69, 9.17) is 0 Å². The topological polar surface area (TPSA) is 46.9 Å². The first-order valence-electron chi connectivity index (χ1n) is 6.85. The van der Waals surface area contributed by atoms with Crippen LogP contribution in [0.4, 0.5) is 0 Å². The largest absolute Gasteiger partial charge is 0.336 e. The van der Waals surface area contributed by atoms with Crippen molar-refractivity contribution in [2.24, 2.45) is 7.05 Å². The van der Waals surface area contributed by atoms with Crippen LogP contribution in [0, 0.1) is 0 Å². The number of hydrogen-bond acceptors (Lipinski definition) is 4. The highest BCUT2D eigenvalue weighted by Gasteiger charge is 2.25. The summed E-state index contributed by atoms with van der Waals surface area (Å²) < 4.78 is 13.5. The number of hydrogen-bond donors (Lipinski definition) is 1. The molecule has 3 rings (SSSR count). The Morgan fingerprint density at radius 1 is 1.50 bits per heavy atom. The minimum atomic E-state index is -0.612. The maximum Gasteiger partial charge on any atom is 0.131 e. The van der Waals surface area contributed by atoms with Crippen LogP contribution >= 0.6 is 11.3 Å². The second kappa shape index (κ2) is 6.20. The molecular formula is C14H19N3OS2. The summed E-state index contributed by atoms with van der Waals surface area (Å²) in [5, 5.41) is 5.81. The van der Waals surface area contributed by atoms with Gasteiger partial charge in [0.25, 0.3) is 0 Å². The first-order valence-corrected chi connectivity index (χ1v) is 9.22. The Morgan fingerprint density at radius 2 is 2.30 bits per heavy atom. The van der Waals surface area contributed by atoms with E-state index in [2.05, 4.69) is 32.4 Å². The fourth-order valence-electron chi connectivity index (χ4n) is 2.59. The fourth-order valence-corrected chi connectivity index (χ4v) is 4.67. The number of imidazole rings is 1. The van der Waals surface area contributed by atoms with Crippen LogP contribution in [0.2, 0.25) is 0 Å². The van der Waals surface area contributed by atoms with Crippen LogP contribution < -0.4 is 5.32 Å². The Hall–Kier alpha value is -0.980. The van der Waals surface area contributed by atoms with Crippen molar-refractivity contribution >= 4 is 22.1 Å². The van der Waals surface area contributed by atoms with E-state index >= 15 is 0 Å². The summed E-state index contributed by atoms with van der Waals surface area (Å²) in [7, 11) is 1.42. The van der Waals surface area contributed by atoms with Gasteiger partial charge in [-0.05, 0) is 24.3 Å². The van der Waals surface area contributed by atoms with Crippen LogP contribution in [-0.4, -0.2) is 31.3 Å². The van der Waals surface area contributed by atoms with Crippen LogP contribution in [-0.2, 0) is 17.8 Å². The summed E-state index contributed by atoms with van der Waals surface area (Å²) in [4.78, 5) is 5.78. The predicted molar refractivity (Wildman–Crippen MR) is 83.4 cm³/mol. The normalized spacial score (nSPS) is 24.6. The molecule has 1 atom stereocenters. The number of aryl methyl sites for hydroxylation is 1. The maximum atomic E-state index is 11.5. The summed E-state index contributed by atoms with van der Waals surface area (Å²) in [6.07, 6.45) is 5.79. The lowest BCUT2D eigenvalue weighted by Gasteiger charge is -2.27. The van der Waals surface area contributed by atoms with Gasteiger partial charge in [-0.1, -0.05) is 6.07 Å². The molecule has 3 heterocycles. The Kier molecular flexibility index (Phi) is 4.33. The van der Waals surface area contributed by atoms with Gasteiger partial charge >= 0.3 is 0 Å². The number of nitrogens with zero attached hydrogens (tertiary/aromatic N) is 2. The molecule has 0 aromatic carbocycles. The second-order valence-electron chi connectivity index (χ2n) is 5.13. The van der Waals surface area contributed by atoms with E-state index in [0.717, 1.165) is 30.2 Å². The van der Waals surface area contributed by atoms with Gasteiger partial charge in [0.15, 0.2) is 0 Å². The van der Waals surface area contributed by atoms with E-state index in [1.54, 1.807) is 11.3 Å². The van der Waals surface area contributed by atoms with Crippen molar-refractivity contribution in [3.63, 3.8) is 0 Å². The average molecular weight is 309 g/mol. The number of nitrogens with one attached hydrogen (secondary N) is 1. The summed E-state index contributed by atoms with van der Waals surface area (Å²) in [5.74, 6) is 2.67. The van der Waals surface area contributed by atoms with Gasteiger partial charge in [-0.3, -0.25) is 4.21 Å². The fraction of sp³-hybridized carbons (Fsp3) is 0.500. The highest BCUT2D eigenvalue weighted by Crippen LogP contribution is 2.26. The first-order chi connectivity index (χ1) is 9.74. The van der Waals surface area contributed by atoms with E-state index in [0.29, 0.717) is 6.04 Å². The molecule has 0 aliphatic carbocycles. The quantitative estimate of drug-likeness (QED) is 0.940. The van der Waals surface area contributed by atoms with Crippen LogP contribution in [0.25, 0.3) is 0 Å². The molecule has 2 aromatic heterocycles. The Bertz CT molecular complexity index is 569. The molecule has 1 N–H and O–H groups in total. The van der Waals surface area contributed by atoms with Crippen molar-refractivity contribution in [1.82, 2.24) is 14.9 Å². The Balaban J connectivity index is 1.80. The summed E-state index contributed by atoms with van der Waals surface area (Å²) >= 11 is 1.75. The zero-order valence-corrected chi connectivity index (χ0v) is 13.1. The lowest BCUT2D eigenvalue weighted by molar-refractivity contribution is 0.429. The minimum Gasteiger partial charge on any atom is -0.336 e. The minimum absolute atomic E-state index is 0.131. The predicted octanol–water partition coefficient (Wildman–Crippen LogP) is 2.07. The van der Waals surface area contributed by atoms with Crippen molar-refractivity contribution in [3.8, 4) is 0 Å². The summed E-state index contributed by atoms with van der Waals surface area (Å²) in [6.45, 7) is 0. The molecule has 1 unspecified atom stereocenters. The third kappa shape index (κ3) is 3.02. The van der Waals surface area contributed by atoms with Gasteiger partial charge in [-0.15, -0.1) is 11.3 Å². The molecule has 0 spiro atoms. The van der Waals surface area contributed by atoms with Gasteiger partial charge < -0.3 is 9.88 Å². The third-order valence-corrected chi connectivity index (χ3v) is 6.05. The van der Waals surface area contributed by atoms with E-state index in [-0.39, 0.29) is 6.04 Å². The van der Waals surface area contributed by atoms with Crippen molar-refractivity contribution in [1.29, 1.82) is 0 Å².